The van der Waals surface area contributed by atoms with Gasteiger partial charge in [0.05, 0.1) is 13.7 Å². The molecule has 0 aliphatic heterocycles. The van der Waals surface area contributed by atoms with Gasteiger partial charge in [-0.15, -0.1) is 0 Å². The van der Waals surface area contributed by atoms with Crippen LogP contribution in [0.1, 0.15) is 32.3 Å². The third-order valence-corrected chi connectivity index (χ3v) is 4.57. The summed E-state index contributed by atoms with van der Waals surface area (Å²) in [7, 11) is -2.20. The Kier molecular flexibility index (Phi) is 5.78. The largest absolute Gasteiger partial charge is 0.495 e. The molecule has 0 amide bonds. The van der Waals surface area contributed by atoms with Crippen molar-refractivity contribution in [3.8, 4) is 5.75 Å². The first-order chi connectivity index (χ1) is 8.98. The number of rotatable bonds is 7. The number of benzene rings is 1. The standard InChI is InChI=1S/C13H21NO4S/c1-4-11(5-2)14-19(16,17)13-7-6-10(9-15)8-12(13)18-3/h6-8,11,14-15H,4-5,9H2,1-3H3. The number of ether oxygens (including phenoxy) is 1. The van der Waals surface area contributed by atoms with E-state index in [9.17, 15) is 8.42 Å². The van der Waals surface area contributed by atoms with Gasteiger partial charge >= 0.3 is 0 Å². The maximum absolute atomic E-state index is 12.3. The monoisotopic (exact) mass is 287 g/mol. The molecule has 0 unspecified atom stereocenters. The van der Waals surface area contributed by atoms with Gasteiger partial charge in [-0.05, 0) is 30.5 Å². The summed E-state index contributed by atoms with van der Waals surface area (Å²) in [4.78, 5) is 0.0964. The van der Waals surface area contributed by atoms with Crippen molar-refractivity contribution < 1.29 is 18.3 Å². The summed E-state index contributed by atoms with van der Waals surface area (Å²) in [6.45, 7) is 3.71. The predicted octanol–water partition coefficient (Wildman–Crippen LogP) is 1.65. The van der Waals surface area contributed by atoms with Crippen molar-refractivity contribution in [1.29, 1.82) is 0 Å². The smallest absolute Gasteiger partial charge is 0.244 e. The lowest BCUT2D eigenvalue weighted by molar-refractivity contribution is 0.280. The van der Waals surface area contributed by atoms with Crippen LogP contribution >= 0.6 is 0 Å². The van der Waals surface area contributed by atoms with Gasteiger partial charge in [-0.3, -0.25) is 0 Å². The molecule has 2 N–H and O–H groups in total. The fraction of sp³-hybridized carbons (Fsp3) is 0.538. The van der Waals surface area contributed by atoms with Crippen LogP contribution in [0.2, 0.25) is 0 Å². The average Bonchev–Trinajstić information content (AvgIpc) is 2.43. The van der Waals surface area contributed by atoms with Crippen LogP contribution in [-0.2, 0) is 16.6 Å². The topological polar surface area (TPSA) is 75.6 Å². The highest BCUT2D eigenvalue weighted by molar-refractivity contribution is 7.89. The summed E-state index contributed by atoms with van der Waals surface area (Å²) in [5.41, 5.74) is 0.610. The van der Waals surface area contributed by atoms with Gasteiger partial charge in [0, 0.05) is 6.04 Å². The fourth-order valence-electron chi connectivity index (χ4n) is 1.77. The van der Waals surface area contributed by atoms with E-state index in [-0.39, 0.29) is 23.3 Å². The Hall–Kier alpha value is -1.11. The Morgan fingerprint density at radius 2 is 1.95 bits per heavy atom. The molecular formula is C13H21NO4S. The van der Waals surface area contributed by atoms with Crippen molar-refractivity contribution in [3.63, 3.8) is 0 Å². The minimum absolute atomic E-state index is 0.0905. The van der Waals surface area contributed by atoms with E-state index in [1.54, 1.807) is 6.07 Å². The van der Waals surface area contributed by atoms with Crippen molar-refractivity contribution in [2.24, 2.45) is 0 Å². The molecule has 0 aliphatic rings. The van der Waals surface area contributed by atoms with Crippen LogP contribution in [-0.4, -0.2) is 26.7 Å². The second kappa shape index (κ2) is 6.88. The first-order valence-electron chi connectivity index (χ1n) is 6.28. The van der Waals surface area contributed by atoms with E-state index >= 15 is 0 Å². The summed E-state index contributed by atoms with van der Waals surface area (Å²) in [5, 5.41) is 9.05. The molecule has 1 aromatic carbocycles. The molecule has 1 rings (SSSR count). The van der Waals surface area contributed by atoms with E-state index < -0.39 is 10.0 Å². The normalized spacial score (nSPS) is 11.8. The van der Waals surface area contributed by atoms with Gasteiger partial charge in [0.1, 0.15) is 10.6 Å². The number of methoxy groups -OCH3 is 1. The van der Waals surface area contributed by atoms with Crippen LogP contribution in [0, 0.1) is 0 Å². The second-order valence-electron chi connectivity index (χ2n) is 4.28. The Labute approximate surface area is 114 Å². The molecule has 0 aliphatic carbocycles. The molecule has 1 aromatic rings. The van der Waals surface area contributed by atoms with Crippen molar-refractivity contribution in [1.82, 2.24) is 4.72 Å². The highest BCUT2D eigenvalue weighted by Crippen LogP contribution is 2.25. The van der Waals surface area contributed by atoms with Gasteiger partial charge in [-0.1, -0.05) is 19.9 Å². The summed E-state index contributed by atoms with van der Waals surface area (Å²) in [6.07, 6.45) is 1.46. The second-order valence-corrected chi connectivity index (χ2v) is 5.96. The summed E-state index contributed by atoms with van der Waals surface area (Å²) in [6, 6.07) is 4.47. The molecule has 5 nitrogen and oxygen atoms in total. The van der Waals surface area contributed by atoms with E-state index in [4.69, 9.17) is 9.84 Å². The SMILES string of the molecule is CCC(CC)NS(=O)(=O)c1ccc(CO)cc1OC. The number of hydrogen-bond donors (Lipinski definition) is 2. The van der Waals surface area contributed by atoms with Crippen LogP contribution in [0.4, 0.5) is 0 Å². The Morgan fingerprint density at radius 1 is 1.32 bits per heavy atom. The number of hydrogen-bond acceptors (Lipinski definition) is 4. The Balaban J connectivity index is 3.13. The third kappa shape index (κ3) is 3.92. The number of aliphatic hydroxyl groups excluding tert-OH is 1. The highest BCUT2D eigenvalue weighted by atomic mass is 32.2. The van der Waals surface area contributed by atoms with E-state index in [1.807, 2.05) is 13.8 Å². The molecule has 0 fully saturated rings. The van der Waals surface area contributed by atoms with Crippen LogP contribution in [0.3, 0.4) is 0 Å². The quantitative estimate of drug-likeness (QED) is 0.799. The lowest BCUT2D eigenvalue weighted by atomic mass is 10.2. The molecule has 0 saturated carbocycles. The minimum Gasteiger partial charge on any atom is -0.495 e. The van der Waals surface area contributed by atoms with Crippen molar-refractivity contribution in [2.75, 3.05) is 7.11 Å². The van der Waals surface area contributed by atoms with Crippen molar-refractivity contribution >= 4 is 10.0 Å². The Morgan fingerprint density at radius 3 is 2.42 bits per heavy atom. The molecular weight excluding hydrogens is 266 g/mol. The minimum atomic E-state index is -3.61. The summed E-state index contributed by atoms with van der Waals surface area (Å²) in [5.74, 6) is 0.241. The van der Waals surface area contributed by atoms with E-state index in [0.717, 1.165) is 12.8 Å². The van der Waals surface area contributed by atoms with Gasteiger partial charge < -0.3 is 9.84 Å². The first-order valence-corrected chi connectivity index (χ1v) is 7.76. The Bertz CT molecular complexity index is 509. The van der Waals surface area contributed by atoms with E-state index in [1.165, 1.54) is 19.2 Å². The van der Waals surface area contributed by atoms with Gasteiger partial charge in [-0.25, -0.2) is 13.1 Å². The predicted molar refractivity (Wildman–Crippen MR) is 73.6 cm³/mol. The number of aliphatic hydroxyl groups is 1. The molecule has 0 aromatic heterocycles. The maximum atomic E-state index is 12.3. The average molecular weight is 287 g/mol. The summed E-state index contributed by atoms with van der Waals surface area (Å²) < 4.78 is 32.3. The molecule has 6 heteroatoms. The van der Waals surface area contributed by atoms with E-state index in [2.05, 4.69) is 4.72 Å². The zero-order valence-corrected chi connectivity index (χ0v) is 12.3. The highest BCUT2D eigenvalue weighted by Gasteiger charge is 2.22. The third-order valence-electron chi connectivity index (χ3n) is 3.01. The molecule has 19 heavy (non-hydrogen) atoms. The zero-order chi connectivity index (χ0) is 14.5. The first kappa shape index (κ1) is 15.9. The number of sulfonamides is 1. The lowest BCUT2D eigenvalue weighted by Gasteiger charge is -2.17. The van der Waals surface area contributed by atoms with E-state index in [0.29, 0.717) is 5.56 Å². The number of nitrogens with one attached hydrogen (secondary N) is 1. The van der Waals surface area contributed by atoms with Crippen LogP contribution in [0.15, 0.2) is 23.1 Å². The molecule has 0 atom stereocenters. The van der Waals surface area contributed by atoms with Gasteiger partial charge in [0.25, 0.3) is 0 Å². The fourth-order valence-corrected chi connectivity index (χ4v) is 3.32. The van der Waals surface area contributed by atoms with Crippen LogP contribution in [0.25, 0.3) is 0 Å². The van der Waals surface area contributed by atoms with Gasteiger partial charge in [0.2, 0.25) is 10.0 Å². The van der Waals surface area contributed by atoms with Crippen LogP contribution in [0.5, 0.6) is 5.75 Å². The lowest BCUT2D eigenvalue weighted by Crippen LogP contribution is -2.34. The van der Waals surface area contributed by atoms with Gasteiger partial charge in [0.15, 0.2) is 0 Å². The maximum Gasteiger partial charge on any atom is 0.244 e. The van der Waals surface area contributed by atoms with Crippen molar-refractivity contribution in [2.45, 2.75) is 44.2 Å². The molecule has 0 heterocycles. The molecule has 0 bridgehead atoms. The molecule has 0 spiro atoms. The van der Waals surface area contributed by atoms with Gasteiger partial charge in [-0.2, -0.15) is 0 Å². The summed E-state index contributed by atoms with van der Waals surface area (Å²) >= 11 is 0. The van der Waals surface area contributed by atoms with Crippen molar-refractivity contribution in [3.05, 3.63) is 23.8 Å². The molecule has 0 radical (unpaired) electrons. The molecule has 108 valence electrons. The molecule has 0 saturated heterocycles. The zero-order valence-electron chi connectivity index (χ0n) is 11.5. The van der Waals surface area contributed by atoms with Crippen LogP contribution < -0.4 is 9.46 Å².